The molecule has 1 unspecified atom stereocenters. The van der Waals surface area contributed by atoms with Crippen LogP contribution in [0.25, 0.3) is 0 Å². The Morgan fingerprint density at radius 3 is 2.90 bits per heavy atom. The van der Waals surface area contributed by atoms with Gasteiger partial charge in [0, 0.05) is 23.7 Å². The normalized spacial score (nSPS) is 17.7. The molecular formula is C18H21NO2. The molecule has 0 saturated heterocycles. The van der Waals surface area contributed by atoms with E-state index in [9.17, 15) is 5.11 Å². The summed E-state index contributed by atoms with van der Waals surface area (Å²) in [7, 11) is 0. The van der Waals surface area contributed by atoms with Gasteiger partial charge in [0.1, 0.15) is 11.5 Å². The van der Waals surface area contributed by atoms with Gasteiger partial charge in [-0.2, -0.15) is 0 Å². The molecule has 1 heterocycles. The minimum Gasteiger partial charge on any atom is -0.508 e. The first-order valence-corrected chi connectivity index (χ1v) is 7.48. The van der Waals surface area contributed by atoms with Crippen LogP contribution in [0.1, 0.15) is 35.6 Å². The fourth-order valence-corrected chi connectivity index (χ4v) is 2.87. The summed E-state index contributed by atoms with van der Waals surface area (Å²) in [4.78, 5) is 0. The maximum Gasteiger partial charge on any atom is 0.126 e. The predicted octanol–water partition coefficient (Wildman–Crippen LogP) is 3.70. The molecule has 3 rings (SSSR count). The minimum atomic E-state index is 0.266. The first kappa shape index (κ1) is 14.0. The third kappa shape index (κ3) is 3.03. The van der Waals surface area contributed by atoms with E-state index in [1.165, 1.54) is 11.1 Å². The maximum atomic E-state index is 9.87. The number of nitrogens with one attached hydrogen (secondary N) is 1. The van der Waals surface area contributed by atoms with Gasteiger partial charge in [0.2, 0.25) is 0 Å². The van der Waals surface area contributed by atoms with Gasteiger partial charge in [-0.1, -0.05) is 36.4 Å². The zero-order valence-electron chi connectivity index (χ0n) is 12.3. The van der Waals surface area contributed by atoms with Crippen LogP contribution >= 0.6 is 0 Å². The Hall–Kier alpha value is -2.00. The van der Waals surface area contributed by atoms with Gasteiger partial charge in [-0.15, -0.1) is 0 Å². The Bertz CT molecular complexity index is 624. The van der Waals surface area contributed by atoms with E-state index in [-0.39, 0.29) is 6.04 Å². The number of para-hydroxylation sites is 2. The molecule has 1 aliphatic rings. The lowest BCUT2D eigenvalue weighted by Gasteiger charge is -2.19. The number of hydrogen-bond acceptors (Lipinski definition) is 3. The molecule has 3 nitrogen and oxygen atoms in total. The number of phenolic OH excluding ortho intramolecular Hbond substituents is 1. The highest BCUT2D eigenvalue weighted by Crippen LogP contribution is 2.34. The average Bonchev–Trinajstić information content (AvgIpc) is 2.70. The molecule has 110 valence electrons. The highest BCUT2D eigenvalue weighted by molar-refractivity contribution is 5.43. The molecule has 0 saturated carbocycles. The fourth-order valence-electron chi connectivity index (χ4n) is 2.87. The van der Waals surface area contributed by atoms with Crippen molar-refractivity contribution < 1.29 is 9.84 Å². The molecule has 21 heavy (non-hydrogen) atoms. The van der Waals surface area contributed by atoms with Gasteiger partial charge < -0.3 is 15.2 Å². The zero-order chi connectivity index (χ0) is 14.7. The fraction of sp³-hybridized carbons (Fsp3) is 0.333. The number of aryl methyl sites for hydroxylation is 1. The van der Waals surface area contributed by atoms with E-state index in [1.54, 1.807) is 6.07 Å². The molecule has 3 heteroatoms. The Morgan fingerprint density at radius 2 is 2.05 bits per heavy atom. The van der Waals surface area contributed by atoms with Gasteiger partial charge in [-0.25, -0.2) is 0 Å². The SMILES string of the molecule is Cc1cccc2c1OCCCC2NCc1ccccc1O. The van der Waals surface area contributed by atoms with Crippen LogP contribution in [0.4, 0.5) is 0 Å². The third-order valence-electron chi connectivity index (χ3n) is 4.03. The van der Waals surface area contributed by atoms with Gasteiger partial charge in [0.05, 0.1) is 6.61 Å². The summed E-state index contributed by atoms with van der Waals surface area (Å²) in [6.45, 7) is 3.52. The monoisotopic (exact) mass is 283 g/mol. The highest BCUT2D eigenvalue weighted by Gasteiger charge is 2.20. The summed E-state index contributed by atoms with van der Waals surface area (Å²) in [6.07, 6.45) is 2.08. The molecular weight excluding hydrogens is 262 g/mol. The average molecular weight is 283 g/mol. The summed E-state index contributed by atoms with van der Waals surface area (Å²) in [5.74, 6) is 1.36. The summed E-state index contributed by atoms with van der Waals surface area (Å²) in [5.41, 5.74) is 3.34. The second-order valence-electron chi connectivity index (χ2n) is 5.55. The predicted molar refractivity (Wildman–Crippen MR) is 83.6 cm³/mol. The smallest absolute Gasteiger partial charge is 0.126 e. The van der Waals surface area contributed by atoms with Crippen LogP contribution in [0.15, 0.2) is 42.5 Å². The lowest BCUT2D eigenvalue weighted by atomic mass is 9.99. The number of hydrogen-bond donors (Lipinski definition) is 2. The van der Waals surface area contributed by atoms with Crippen molar-refractivity contribution in [1.29, 1.82) is 0 Å². The van der Waals surface area contributed by atoms with Crippen LogP contribution in [-0.4, -0.2) is 11.7 Å². The van der Waals surface area contributed by atoms with Gasteiger partial charge in [-0.05, 0) is 31.4 Å². The van der Waals surface area contributed by atoms with Gasteiger partial charge >= 0.3 is 0 Å². The molecule has 0 radical (unpaired) electrons. The molecule has 2 aromatic carbocycles. The van der Waals surface area contributed by atoms with Crippen LogP contribution in [-0.2, 0) is 6.54 Å². The molecule has 1 atom stereocenters. The quantitative estimate of drug-likeness (QED) is 0.902. The van der Waals surface area contributed by atoms with E-state index < -0.39 is 0 Å². The second-order valence-corrected chi connectivity index (χ2v) is 5.55. The van der Waals surface area contributed by atoms with Crippen molar-refractivity contribution in [3.8, 4) is 11.5 Å². The second kappa shape index (κ2) is 6.19. The highest BCUT2D eigenvalue weighted by atomic mass is 16.5. The third-order valence-corrected chi connectivity index (χ3v) is 4.03. The van der Waals surface area contributed by atoms with Gasteiger partial charge in [-0.3, -0.25) is 0 Å². The molecule has 2 aromatic rings. The van der Waals surface area contributed by atoms with E-state index >= 15 is 0 Å². The maximum absolute atomic E-state index is 9.87. The Labute approximate surface area is 125 Å². The molecule has 2 N–H and O–H groups in total. The Kier molecular flexibility index (Phi) is 4.11. The van der Waals surface area contributed by atoms with Gasteiger partial charge in [0.25, 0.3) is 0 Å². The number of phenols is 1. The summed E-state index contributed by atoms with van der Waals surface area (Å²) in [5, 5.41) is 13.4. The number of aromatic hydroxyl groups is 1. The van der Waals surface area contributed by atoms with E-state index in [0.29, 0.717) is 12.3 Å². The summed E-state index contributed by atoms with van der Waals surface area (Å²) < 4.78 is 5.90. The number of fused-ring (bicyclic) bond motifs is 1. The molecule has 0 aromatic heterocycles. The van der Waals surface area contributed by atoms with Crippen LogP contribution in [0.3, 0.4) is 0 Å². The number of benzene rings is 2. The molecule has 0 fully saturated rings. The van der Waals surface area contributed by atoms with Crippen LogP contribution < -0.4 is 10.1 Å². The van der Waals surface area contributed by atoms with Crippen molar-refractivity contribution in [2.75, 3.05) is 6.61 Å². The van der Waals surface area contributed by atoms with E-state index in [4.69, 9.17) is 4.74 Å². The topological polar surface area (TPSA) is 41.5 Å². The van der Waals surface area contributed by atoms with Crippen molar-refractivity contribution in [3.63, 3.8) is 0 Å². The molecule has 1 aliphatic heterocycles. The molecule has 0 amide bonds. The standard InChI is InChI=1S/C18H21NO2/c1-13-6-4-8-15-16(9-5-11-21-18(13)15)19-12-14-7-2-3-10-17(14)20/h2-4,6-8,10,16,19-20H,5,9,11-12H2,1H3. The van der Waals surface area contributed by atoms with Crippen LogP contribution in [0.2, 0.25) is 0 Å². The number of ether oxygens (including phenoxy) is 1. The van der Waals surface area contributed by atoms with Gasteiger partial charge in [0.15, 0.2) is 0 Å². The van der Waals surface area contributed by atoms with Crippen molar-refractivity contribution in [2.45, 2.75) is 32.4 Å². The minimum absolute atomic E-state index is 0.266. The first-order valence-electron chi connectivity index (χ1n) is 7.48. The largest absolute Gasteiger partial charge is 0.508 e. The number of rotatable bonds is 3. The molecule has 0 bridgehead atoms. The lowest BCUT2D eigenvalue weighted by Crippen LogP contribution is -2.20. The van der Waals surface area contributed by atoms with Crippen molar-refractivity contribution in [3.05, 3.63) is 59.2 Å². The van der Waals surface area contributed by atoms with Crippen molar-refractivity contribution >= 4 is 0 Å². The van der Waals surface area contributed by atoms with Crippen LogP contribution in [0, 0.1) is 6.92 Å². The Morgan fingerprint density at radius 1 is 1.19 bits per heavy atom. The molecule has 0 aliphatic carbocycles. The Balaban J connectivity index is 1.80. The zero-order valence-corrected chi connectivity index (χ0v) is 12.3. The van der Waals surface area contributed by atoms with Crippen LogP contribution in [0.5, 0.6) is 11.5 Å². The van der Waals surface area contributed by atoms with E-state index in [0.717, 1.165) is 30.8 Å². The summed E-state index contributed by atoms with van der Waals surface area (Å²) in [6, 6.07) is 14.0. The lowest BCUT2D eigenvalue weighted by molar-refractivity contribution is 0.313. The van der Waals surface area contributed by atoms with E-state index in [2.05, 4.69) is 30.4 Å². The first-order chi connectivity index (χ1) is 10.3. The van der Waals surface area contributed by atoms with Crippen molar-refractivity contribution in [2.24, 2.45) is 0 Å². The molecule has 0 spiro atoms. The summed E-state index contributed by atoms with van der Waals surface area (Å²) >= 11 is 0. The van der Waals surface area contributed by atoms with E-state index in [1.807, 2.05) is 18.2 Å². The van der Waals surface area contributed by atoms with Crippen molar-refractivity contribution in [1.82, 2.24) is 5.32 Å².